The van der Waals surface area contributed by atoms with Crippen LogP contribution in [0.2, 0.25) is 0 Å². The van der Waals surface area contributed by atoms with E-state index in [2.05, 4.69) is 21.2 Å². The molecule has 5 nitrogen and oxygen atoms in total. The fourth-order valence-corrected chi connectivity index (χ4v) is 2.97. The highest BCUT2D eigenvalue weighted by molar-refractivity contribution is 9.10. The number of nitro groups is 1. The number of hydrogen-bond donors (Lipinski definition) is 1. The Bertz CT molecular complexity index is 600. The average molecular weight is 343 g/mol. The van der Waals surface area contributed by atoms with Crippen molar-refractivity contribution in [3.8, 4) is 5.75 Å². The summed E-state index contributed by atoms with van der Waals surface area (Å²) in [4.78, 5) is 11.6. The molecule has 0 aliphatic heterocycles. The zero-order valence-corrected chi connectivity index (χ0v) is 12.5. The van der Waals surface area contributed by atoms with Gasteiger partial charge in [-0.2, -0.15) is 0 Å². The van der Waals surface area contributed by atoms with Crippen molar-refractivity contribution in [1.82, 2.24) is 0 Å². The van der Waals surface area contributed by atoms with Crippen molar-refractivity contribution in [1.29, 1.82) is 0 Å². The average Bonchev–Trinajstić information content (AvgIpc) is 2.81. The predicted molar refractivity (Wildman–Crippen MR) is 79.0 cm³/mol. The SMILES string of the molecule is COc1ccc(NCc2cc(Br)cs2)cc1[N+](=O)[O-]. The van der Waals surface area contributed by atoms with E-state index in [4.69, 9.17) is 4.74 Å². The van der Waals surface area contributed by atoms with Crippen molar-refractivity contribution >= 4 is 38.6 Å². The van der Waals surface area contributed by atoms with Gasteiger partial charge in [-0.05, 0) is 34.1 Å². The fourth-order valence-electron chi connectivity index (χ4n) is 1.58. The van der Waals surface area contributed by atoms with Crippen molar-refractivity contribution in [2.24, 2.45) is 0 Å². The molecule has 1 aromatic carbocycles. The standard InChI is InChI=1S/C12H11BrN2O3S/c1-18-12-3-2-9(5-11(12)15(16)17)14-6-10-4-8(13)7-19-10/h2-5,7,14H,6H2,1H3. The first-order chi connectivity index (χ1) is 9.10. The van der Waals surface area contributed by atoms with E-state index in [-0.39, 0.29) is 11.4 Å². The van der Waals surface area contributed by atoms with Crippen LogP contribution in [0.15, 0.2) is 34.1 Å². The van der Waals surface area contributed by atoms with E-state index in [1.807, 2.05) is 11.4 Å². The minimum absolute atomic E-state index is 0.0418. The molecule has 0 aliphatic carbocycles. The van der Waals surface area contributed by atoms with Crippen LogP contribution < -0.4 is 10.1 Å². The van der Waals surface area contributed by atoms with Crippen LogP contribution in [0.4, 0.5) is 11.4 Å². The Labute approximate surface area is 122 Å². The minimum Gasteiger partial charge on any atom is -0.490 e. The molecular formula is C12H11BrN2O3S. The van der Waals surface area contributed by atoms with Gasteiger partial charge in [0.2, 0.25) is 0 Å². The van der Waals surface area contributed by atoms with Gasteiger partial charge < -0.3 is 10.1 Å². The van der Waals surface area contributed by atoms with Crippen LogP contribution in [0.25, 0.3) is 0 Å². The highest BCUT2D eigenvalue weighted by atomic mass is 79.9. The topological polar surface area (TPSA) is 64.4 Å². The van der Waals surface area contributed by atoms with Crippen molar-refractivity contribution in [3.05, 3.63) is 49.1 Å². The van der Waals surface area contributed by atoms with Crippen LogP contribution in [0, 0.1) is 10.1 Å². The van der Waals surface area contributed by atoms with Crippen LogP contribution in [0.5, 0.6) is 5.75 Å². The highest BCUT2D eigenvalue weighted by Gasteiger charge is 2.14. The smallest absolute Gasteiger partial charge is 0.312 e. The Morgan fingerprint density at radius 2 is 2.26 bits per heavy atom. The van der Waals surface area contributed by atoms with Crippen LogP contribution in [0.3, 0.4) is 0 Å². The number of ether oxygens (including phenoxy) is 1. The van der Waals surface area contributed by atoms with E-state index in [9.17, 15) is 10.1 Å². The van der Waals surface area contributed by atoms with Crippen LogP contribution in [-0.4, -0.2) is 12.0 Å². The van der Waals surface area contributed by atoms with Gasteiger partial charge in [0.05, 0.1) is 12.0 Å². The number of rotatable bonds is 5. The van der Waals surface area contributed by atoms with Gasteiger partial charge in [-0.3, -0.25) is 10.1 Å². The normalized spacial score (nSPS) is 10.2. The van der Waals surface area contributed by atoms with E-state index in [0.717, 1.165) is 9.35 Å². The van der Waals surface area contributed by atoms with Crippen molar-refractivity contribution in [2.75, 3.05) is 12.4 Å². The van der Waals surface area contributed by atoms with Gasteiger partial charge in [0.25, 0.3) is 0 Å². The number of methoxy groups -OCH3 is 1. The summed E-state index contributed by atoms with van der Waals surface area (Å²) in [5.41, 5.74) is 0.650. The maximum Gasteiger partial charge on any atom is 0.312 e. The summed E-state index contributed by atoms with van der Waals surface area (Å²) in [6.45, 7) is 0.625. The van der Waals surface area contributed by atoms with Crippen LogP contribution in [-0.2, 0) is 6.54 Å². The third kappa shape index (κ3) is 3.45. The molecule has 19 heavy (non-hydrogen) atoms. The van der Waals surface area contributed by atoms with Crippen molar-refractivity contribution in [3.63, 3.8) is 0 Å². The molecule has 0 unspecified atom stereocenters. The summed E-state index contributed by atoms with van der Waals surface area (Å²) in [6.07, 6.45) is 0. The molecule has 0 amide bonds. The number of thiophene rings is 1. The summed E-state index contributed by atoms with van der Waals surface area (Å²) in [6, 6.07) is 6.83. The summed E-state index contributed by atoms with van der Waals surface area (Å²) in [5.74, 6) is 0.259. The Morgan fingerprint density at radius 3 is 2.84 bits per heavy atom. The molecule has 7 heteroatoms. The van der Waals surface area contributed by atoms with Crippen molar-refractivity contribution in [2.45, 2.75) is 6.54 Å². The first-order valence-electron chi connectivity index (χ1n) is 5.39. The quantitative estimate of drug-likeness (QED) is 0.657. The van der Waals surface area contributed by atoms with Crippen molar-refractivity contribution < 1.29 is 9.66 Å². The summed E-state index contributed by atoms with van der Waals surface area (Å²) in [5, 5.41) is 16.0. The minimum atomic E-state index is -0.453. The molecule has 0 fully saturated rings. The van der Waals surface area contributed by atoms with E-state index in [1.165, 1.54) is 13.2 Å². The number of hydrogen-bond acceptors (Lipinski definition) is 5. The van der Waals surface area contributed by atoms with E-state index >= 15 is 0 Å². The lowest BCUT2D eigenvalue weighted by molar-refractivity contribution is -0.385. The molecule has 1 N–H and O–H groups in total. The van der Waals surface area contributed by atoms with Gasteiger partial charge in [0.1, 0.15) is 0 Å². The number of nitro benzene ring substituents is 1. The number of benzene rings is 1. The number of halogens is 1. The summed E-state index contributed by atoms with van der Waals surface area (Å²) in [7, 11) is 1.42. The van der Waals surface area contributed by atoms with Gasteiger partial charge >= 0.3 is 5.69 Å². The molecule has 2 rings (SSSR count). The summed E-state index contributed by atoms with van der Waals surface area (Å²) < 4.78 is 5.99. The number of anilines is 1. The molecule has 0 bridgehead atoms. The molecule has 0 radical (unpaired) electrons. The molecule has 0 spiro atoms. The van der Waals surface area contributed by atoms with Gasteiger partial charge in [0.15, 0.2) is 5.75 Å². The molecular weight excluding hydrogens is 332 g/mol. The highest BCUT2D eigenvalue weighted by Crippen LogP contribution is 2.30. The molecule has 2 aromatic rings. The lowest BCUT2D eigenvalue weighted by Gasteiger charge is -2.07. The monoisotopic (exact) mass is 342 g/mol. The third-order valence-corrected chi connectivity index (χ3v) is 4.16. The Hall–Kier alpha value is -1.60. The predicted octanol–water partition coefficient (Wildman–Crippen LogP) is 4.04. The second-order valence-electron chi connectivity index (χ2n) is 3.73. The van der Waals surface area contributed by atoms with Gasteiger partial charge in [-0.1, -0.05) is 0 Å². The van der Waals surface area contributed by atoms with Gasteiger partial charge in [-0.15, -0.1) is 11.3 Å². The second kappa shape index (κ2) is 6.03. The summed E-state index contributed by atoms with van der Waals surface area (Å²) >= 11 is 5.00. The zero-order chi connectivity index (χ0) is 13.8. The lowest BCUT2D eigenvalue weighted by Crippen LogP contribution is -1.99. The van der Waals surface area contributed by atoms with E-state index < -0.39 is 4.92 Å². The molecule has 0 saturated heterocycles. The largest absolute Gasteiger partial charge is 0.490 e. The fraction of sp³-hybridized carbons (Fsp3) is 0.167. The first-order valence-corrected chi connectivity index (χ1v) is 7.06. The number of nitrogens with zero attached hydrogens (tertiary/aromatic N) is 1. The molecule has 1 heterocycles. The molecule has 0 aliphatic rings. The maximum atomic E-state index is 10.9. The Balaban J connectivity index is 2.12. The molecule has 0 saturated carbocycles. The maximum absolute atomic E-state index is 10.9. The Kier molecular flexibility index (Phi) is 4.39. The van der Waals surface area contributed by atoms with E-state index in [1.54, 1.807) is 23.5 Å². The zero-order valence-electron chi connectivity index (χ0n) is 10.1. The number of nitrogens with one attached hydrogen (secondary N) is 1. The van der Waals surface area contributed by atoms with Crippen LogP contribution >= 0.6 is 27.3 Å². The molecule has 1 aromatic heterocycles. The van der Waals surface area contributed by atoms with Gasteiger partial charge in [-0.25, -0.2) is 0 Å². The third-order valence-electron chi connectivity index (χ3n) is 2.46. The van der Waals surface area contributed by atoms with E-state index in [0.29, 0.717) is 12.2 Å². The molecule has 0 atom stereocenters. The van der Waals surface area contributed by atoms with Crippen LogP contribution in [0.1, 0.15) is 4.88 Å². The Morgan fingerprint density at radius 1 is 1.47 bits per heavy atom. The van der Waals surface area contributed by atoms with Gasteiger partial charge in [0, 0.05) is 33.0 Å². The molecule has 100 valence electrons. The lowest BCUT2D eigenvalue weighted by atomic mass is 10.2. The second-order valence-corrected chi connectivity index (χ2v) is 5.64. The first kappa shape index (κ1) is 13.8.